The summed E-state index contributed by atoms with van der Waals surface area (Å²) in [6.07, 6.45) is -2.68. The fraction of sp³-hybridized carbons (Fsp3) is 0.462. The van der Waals surface area contributed by atoms with Crippen molar-refractivity contribution in [3.63, 3.8) is 0 Å². The van der Waals surface area contributed by atoms with Crippen molar-refractivity contribution in [1.82, 2.24) is 5.32 Å². The minimum Gasteiger partial charge on any atom is -0.351 e. The Morgan fingerprint density at radius 1 is 1.35 bits per heavy atom. The first-order valence-electron chi connectivity index (χ1n) is 5.77. The van der Waals surface area contributed by atoms with Crippen molar-refractivity contribution >= 4 is 33.6 Å². The maximum Gasteiger partial charge on any atom is 0.417 e. The predicted octanol–water partition coefficient (Wildman–Crippen LogP) is 4.34. The van der Waals surface area contributed by atoms with E-state index in [-0.39, 0.29) is 14.8 Å². The molecule has 0 radical (unpaired) electrons. The quantitative estimate of drug-likeness (QED) is 0.855. The maximum atomic E-state index is 12.9. The fourth-order valence-electron chi connectivity index (χ4n) is 1.41. The average Bonchev–Trinajstić information content (AvgIpc) is 2.35. The molecule has 1 aromatic carbocycles. The lowest BCUT2D eigenvalue weighted by Crippen LogP contribution is -2.36. The molecule has 0 saturated heterocycles. The first-order valence-corrected chi connectivity index (χ1v) is 7.79. The van der Waals surface area contributed by atoms with Gasteiger partial charge in [-0.05, 0) is 38.3 Å². The van der Waals surface area contributed by atoms with E-state index in [0.29, 0.717) is 6.54 Å². The van der Waals surface area contributed by atoms with Crippen molar-refractivity contribution in [3.05, 3.63) is 33.8 Å². The van der Waals surface area contributed by atoms with Crippen LogP contribution in [0.5, 0.6) is 0 Å². The van der Waals surface area contributed by atoms with Gasteiger partial charge in [0.25, 0.3) is 5.91 Å². The molecule has 0 aliphatic carbocycles. The molecule has 0 aliphatic rings. The molecule has 112 valence electrons. The summed E-state index contributed by atoms with van der Waals surface area (Å²) in [7, 11) is 0. The van der Waals surface area contributed by atoms with Gasteiger partial charge in [0, 0.05) is 15.8 Å². The Balaban J connectivity index is 2.99. The molecule has 20 heavy (non-hydrogen) atoms. The molecule has 0 fully saturated rings. The zero-order valence-corrected chi connectivity index (χ0v) is 13.7. The van der Waals surface area contributed by atoms with E-state index in [4.69, 9.17) is 0 Å². The van der Waals surface area contributed by atoms with E-state index in [0.717, 1.165) is 6.07 Å². The lowest BCUT2D eigenvalue weighted by atomic mass is 10.1. The highest BCUT2D eigenvalue weighted by atomic mass is 79.9. The van der Waals surface area contributed by atoms with Gasteiger partial charge in [0.2, 0.25) is 0 Å². The van der Waals surface area contributed by atoms with E-state index in [1.165, 1.54) is 23.9 Å². The Hall–Kier alpha value is -0.690. The van der Waals surface area contributed by atoms with Gasteiger partial charge in [-0.3, -0.25) is 4.79 Å². The molecule has 1 amide bonds. The summed E-state index contributed by atoms with van der Waals surface area (Å²) in [4.78, 5) is 12.0. The standard InChI is InChI=1S/C13H15BrF3NOS/c1-12(2,20-3)7-18-11(19)9-5-4-8(14)6-10(9)13(15,16)17/h4-6H,7H2,1-3H3,(H,18,19). The fourth-order valence-corrected chi connectivity index (χ4v) is 1.99. The summed E-state index contributed by atoms with van der Waals surface area (Å²) in [5.41, 5.74) is -1.30. The number of rotatable bonds is 4. The van der Waals surface area contributed by atoms with Crippen molar-refractivity contribution in [2.24, 2.45) is 0 Å². The third-order valence-electron chi connectivity index (χ3n) is 2.76. The highest BCUT2D eigenvalue weighted by Gasteiger charge is 2.35. The Morgan fingerprint density at radius 3 is 2.45 bits per heavy atom. The minimum atomic E-state index is -4.56. The molecule has 1 aromatic rings. The lowest BCUT2D eigenvalue weighted by Gasteiger charge is -2.22. The molecule has 7 heteroatoms. The smallest absolute Gasteiger partial charge is 0.351 e. The molecule has 0 heterocycles. The number of carbonyl (C=O) groups excluding carboxylic acids is 1. The Bertz CT molecular complexity index is 503. The van der Waals surface area contributed by atoms with E-state index in [1.54, 1.807) is 0 Å². The molecule has 0 atom stereocenters. The summed E-state index contributed by atoms with van der Waals surface area (Å²) in [5, 5.41) is 2.55. The summed E-state index contributed by atoms with van der Waals surface area (Å²) < 4.78 is 38.8. The van der Waals surface area contributed by atoms with E-state index in [2.05, 4.69) is 21.2 Å². The van der Waals surface area contributed by atoms with Gasteiger partial charge in [0.1, 0.15) is 0 Å². The zero-order valence-electron chi connectivity index (χ0n) is 11.3. The van der Waals surface area contributed by atoms with Gasteiger partial charge in [0.05, 0.1) is 11.1 Å². The molecule has 0 unspecified atom stereocenters. The summed E-state index contributed by atoms with van der Waals surface area (Å²) in [6, 6.07) is 3.51. The van der Waals surface area contributed by atoms with Gasteiger partial charge in [-0.25, -0.2) is 0 Å². The van der Waals surface area contributed by atoms with E-state index < -0.39 is 17.6 Å². The largest absolute Gasteiger partial charge is 0.417 e. The van der Waals surface area contributed by atoms with E-state index >= 15 is 0 Å². The number of hydrogen-bond acceptors (Lipinski definition) is 2. The molecular weight excluding hydrogens is 355 g/mol. The number of benzene rings is 1. The normalized spacial score (nSPS) is 12.3. The second-order valence-corrected chi connectivity index (χ2v) is 7.26. The number of thioether (sulfide) groups is 1. The average molecular weight is 370 g/mol. The Labute approximate surface area is 128 Å². The first-order chi connectivity index (χ1) is 9.07. The zero-order chi connectivity index (χ0) is 15.6. The molecule has 2 nitrogen and oxygen atoms in total. The number of carbonyl (C=O) groups is 1. The summed E-state index contributed by atoms with van der Waals surface area (Å²) in [6.45, 7) is 4.11. The van der Waals surface area contributed by atoms with Crippen LogP contribution < -0.4 is 5.32 Å². The van der Waals surface area contributed by atoms with Crippen LogP contribution in [-0.2, 0) is 6.18 Å². The number of halogens is 4. The van der Waals surface area contributed by atoms with Crippen molar-refractivity contribution in [3.8, 4) is 0 Å². The van der Waals surface area contributed by atoms with Crippen LogP contribution in [0.4, 0.5) is 13.2 Å². The van der Waals surface area contributed by atoms with Crippen LogP contribution in [0.2, 0.25) is 0 Å². The van der Waals surface area contributed by atoms with Gasteiger partial charge in [0.15, 0.2) is 0 Å². The van der Waals surface area contributed by atoms with Gasteiger partial charge >= 0.3 is 6.18 Å². The van der Waals surface area contributed by atoms with E-state index in [1.807, 2.05) is 20.1 Å². The van der Waals surface area contributed by atoms with Gasteiger partial charge in [-0.1, -0.05) is 15.9 Å². The van der Waals surface area contributed by atoms with Crippen molar-refractivity contribution in [2.75, 3.05) is 12.8 Å². The number of amides is 1. The molecule has 0 aliphatic heterocycles. The second kappa shape index (κ2) is 6.39. The monoisotopic (exact) mass is 369 g/mol. The molecular formula is C13H15BrF3NOS. The highest BCUT2D eigenvalue weighted by molar-refractivity contribution is 9.10. The first kappa shape index (κ1) is 17.4. The van der Waals surface area contributed by atoms with Crippen molar-refractivity contribution in [2.45, 2.75) is 24.8 Å². The molecule has 0 aromatic heterocycles. The van der Waals surface area contributed by atoms with E-state index in [9.17, 15) is 18.0 Å². The van der Waals surface area contributed by atoms with Gasteiger partial charge in [-0.15, -0.1) is 0 Å². The van der Waals surface area contributed by atoms with Crippen LogP contribution in [0.1, 0.15) is 29.8 Å². The topological polar surface area (TPSA) is 29.1 Å². The van der Waals surface area contributed by atoms with Crippen LogP contribution in [0.25, 0.3) is 0 Å². The summed E-state index contributed by atoms with van der Waals surface area (Å²) in [5.74, 6) is -0.716. The highest BCUT2D eigenvalue weighted by Crippen LogP contribution is 2.34. The number of nitrogens with one attached hydrogen (secondary N) is 1. The van der Waals surface area contributed by atoms with Crippen LogP contribution >= 0.6 is 27.7 Å². The SMILES string of the molecule is CSC(C)(C)CNC(=O)c1ccc(Br)cc1C(F)(F)F. The third-order valence-corrected chi connectivity index (χ3v) is 4.50. The molecule has 0 spiro atoms. The van der Waals surface area contributed by atoms with Crippen LogP contribution in [0.3, 0.4) is 0 Å². The van der Waals surface area contributed by atoms with Crippen LogP contribution in [-0.4, -0.2) is 23.5 Å². The molecule has 1 N–H and O–H groups in total. The molecule has 0 saturated carbocycles. The van der Waals surface area contributed by atoms with Gasteiger partial charge < -0.3 is 5.32 Å². The lowest BCUT2D eigenvalue weighted by molar-refractivity contribution is -0.138. The molecule has 0 bridgehead atoms. The van der Waals surface area contributed by atoms with Crippen molar-refractivity contribution < 1.29 is 18.0 Å². The second-order valence-electron chi connectivity index (χ2n) is 4.83. The number of hydrogen-bond donors (Lipinski definition) is 1. The predicted molar refractivity (Wildman–Crippen MR) is 79.1 cm³/mol. The van der Waals surface area contributed by atoms with Crippen LogP contribution in [0.15, 0.2) is 22.7 Å². The van der Waals surface area contributed by atoms with Gasteiger partial charge in [-0.2, -0.15) is 24.9 Å². The number of alkyl halides is 3. The minimum absolute atomic E-state index is 0.233. The van der Waals surface area contributed by atoms with Crippen LogP contribution in [0, 0.1) is 0 Å². The molecule has 1 rings (SSSR count). The Kier molecular flexibility index (Phi) is 5.54. The summed E-state index contributed by atoms with van der Waals surface area (Å²) >= 11 is 4.52. The van der Waals surface area contributed by atoms with Crippen molar-refractivity contribution in [1.29, 1.82) is 0 Å². The third kappa shape index (κ3) is 4.70. The Morgan fingerprint density at radius 2 is 1.95 bits per heavy atom. The maximum absolute atomic E-state index is 12.9.